The summed E-state index contributed by atoms with van der Waals surface area (Å²) >= 11 is 0. The summed E-state index contributed by atoms with van der Waals surface area (Å²) in [7, 11) is 0. The van der Waals surface area contributed by atoms with Crippen molar-refractivity contribution in [1.29, 1.82) is 0 Å². The first-order valence-corrected chi connectivity index (χ1v) is 8.62. The largest absolute Gasteiger partial charge is 0.382 e. The van der Waals surface area contributed by atoms with Gasteiger partial charge < -0.3 is 15.1 Å². The molecular weight excluding hydrogens is 362 g/mol. The molecule has 144 valence electrons. The van der Waals surface area contributed by atoms with Gasteiger partial charge in [0.25, 0.3) is 0 Å². The maximum absolute atomic E-state index is 13.8. The predicted molar refractivity (Wildman–Crippen MR) is 94.6 cm³/mol. The highest BCUT2D eigenvalue weighted by atomic mass is 19.2. The lowest BCUT2D eigenvalue weighted by Gasteiger charge is -2.36. The Bertz CT molecular complexity index is 823. The van der Waals surface area contributed by atoms with Gasteiger partial charge in [-0.15, -0.1) is 0 Å². The molecule has 1 aliphatic heterocycles. The monoisotopic (exact) mass is 381 g/mol. The number of piperazine rings is 1. The number of nitrogens with one attached hydrogen (secondary N) is 1. The number of carbonyl (C=O) groups is 1. The quantitative estimate of drug-likeness (QED) is 0.637. The zero-order chi connectivity index (χ0) is 19.4. The number of hydrogen-bond acceptors (Lipinski definition) is 3. The van der Waals surface area contributed by atoms with E-state index in [2.05, 4.69) is 5.32 Å². The molecule has 0 spiro atoms. The topological polar surface area (TPSA) is 35.6 Å². The van der Waals surface area contributed by atoms with E-state index in [1.165, 1.54) is 6.07 Å². The Balaban J connectivity index is 1.48. The van der Waals surface area contributed by atoms with Crippen LogP contribution < -0.4 is 10.2 Å². The second-order valence-electron chi connectivity index (χ2n) is 6.22. The maximum atomic E-state index is 13.8. The van der Waals surface area contributed by atoms with Gasteiger partial charge >= 0.3 is 0 Å². The minimum Gasteiger partial charge on any atom is -0.382 e. The maximum Gasteiger partial charge on any atom is 0.224 e. The summed E-state index contributed by atoms with van der Waals surface area (Å²) in [4.78, 5) is 15.8. The average Bonchev–Trinajstić information content (AvgIpc) is 2.68. The molecule has 4 nitrogen and oxygen atoms in total. The molecule has 1 aliphatic rings. The van der Waals surface area contributed by atoms with Crippen molar-refractivity contribution in [3.05, 3.63) is 59.7 Å². The summed E-state index contributed by atoms with van der Waals surface area (Å²) in [6, 6.07) is 8.40. The van der Waals surface area contributed by atoms with Crippen molar-refractivity contribution in [2.24, 2.45) is 0 Å². The molecule has 2 aromatic rings. The SMILES string of the molecule is O=C(CCNc1ccc(F)c(F)c1F)N1CCN(c2ccccc2F)CC1. The molecule has 27 heavy (non-hydrogen) atoms. The Morgan fingerprint density at radius 2 is 1.59 bits per heavy atom. The van der Waals surface area contributed by atoms with Gasteiger partial charge in [0.05, 0.1) is 11.4 Å². The zero-order valence-electron chi connectivity index (χ0n) is 14.5. The highest BCUT2D eigenvalue weighted by Crippen LogP contribution is 2.21. The lowest BCUT2D eigenvalue weighted by molar-refractivity contribution is -0.131. The van der Waals surface area contributed by atoms with Crippen LogP contribution in [0, 0.1) is 23.3 Å². The molecule has 1 N–H and O–H groups in total. The van der Waals surface area contributed by atoms with E-state index in [-0.39, 0.29) is 30.4 Å². The lowest BCUT2D eigenvalue weighted by Crippen LogP contribution is -2.49. The third-order valence-corrected chi connectivity index (χ3v) is 4.52. The van der Waals surface area contributed by atoms with Gasteiger partial charge in [0.2, 0.25) is 5.91 Å². The molecule has 1 amide bonds. The summed E-state index contributed by atoms with van der Waals surface area (Å²) in [6.45, 7) is 2.02. The first-order chi connectivity index (χ1) is 13.0. The van der Waals surface area contributed by atoms with Crippen LogP contribution in [0.3, 0.4) is 0 Å². The van der Waals surface area contributed by atoms with E-state index in [0.717, 1.165) is 12.1 Å². The Kier molecular flexibility index (Phi) is 5.83. The van der Waals surface area contributed by atoms with Crippen molar-refractivity contribution in [3.8, 4) is 0 Å². The van der Waals surface area contributed by atoms with Crippen LogP contribution in [-0.2, 0) is 4.79 Å². The van der Waals surface area contributed by atoms with Crippen molar-refractivity contribution in [3.63, 3.8) is 0 Å². The fourth-order valence-corrected chi connectivity index (χ4v) is 3.03. The fourth-order valence-electron chi connectivity index (χ4n) is 3.03. The van der Waals surface area contributed by atoms with Crippen molar-refractivity contribution >= 4 is 17.3 Å². The van der Waals surface area contributed by atoms with Gasteiger partial charge in [-0.1, -0.05) is 12.1 Å². The number of hydrogen-bond donors (Lipinski definition) is 1. The van der Waals surface area contributed by atoms with Gasteiger partial charge in [-0.05, 0) is 24.3 Å². The van der Waals surface area contributed by atoms with Crippen LogP contribution in [0.15, 0.2) is 36.4 Å². The molecule has 0 aliphatic carbocycles. The molecule has 0 aromatic heterocycles. The first-order valence-electron chi connectivity index (χ1n) is 8.62. The molecule has 1 heterocycles. The van der Waals surface area contributed by atoms with E-state index in [0.29, 0.717) is 31.9 Å². The Morgan fingerprint density at radius 1 is 0.889 bits per heavy atom. The number of halogens is 4. The van der Waals surface area contributed by atoms with Gasteiger partial charge in [0.15, 0.2) is 17.5 Å². The van der Waals surface area contributed by atoms with Crippen LogP contribution in [0.5, 0.6) is 0 Å². The lowest BCUT2D eigenvalue weighted by atomic mass is 10.2. The van der Waals surface area contributed by atoms with Gasteiger partial charge in [-0.25, -0.2) is 17.6 Å². The summed E-state index contributed by atoms with van der Waals surface area (Å²) < 4.78 is 53.5. The third-order valence-electron chi connectivity index (χ3n) is 4.52. The smallest absolute Gasteiger partial charge is 0.224 e. The number of rotatable bonds is 5. The molecule has 0 atom stereocenters. The number of benzene rings is 2. The van der Waals surface area contributed by atoms with Gasteiger partial charge in [0.1, 0.15) is 5.82 Å². The van der Waals surface area contributed by atoms with Crippen LogP contribution in [-0.4, -0.2) is 43.5 Å². The Labute approximate surface area is 154 Å². The first kappa shape index (κ1) is 19.0. The van der Waals surface area contributed by atoms with Crippen LogP contribution in [0.25, 0.3) is 0 Å². The van der Waals surface area contributed by atoms with Crippen LogP contribution >= 0.6 is 0 Å². The van der Waals surface area contributed by atoms with Crippen molar-refractivity contribution in [1.82, 2.24) is 4.90 Å². The second kappa shape index (κ2) is 8.28. The molecule has 1 saturated heterocycles. The van der Waals surface area contributed by atoms with Gasteiger partial charge in [-0.3, -0.25) is 4.79 Å². The molecule has 3 rings (SSSR count). The molecular formula is C19H19F4N3O. The number of anilines is 2. The molecule has 8 heteroatoms. The summed E-state index contributed by atoms with van der Waals surface area (Å²) in [5.41, 5.74) is 0.325. The molecule has 1 fully saturated rings. The fraction of sp³-hybridized carbons (Fsp3) is 0.316. The summed E-state index contributed by atoms with van der Waals surface area (Å²) in [6.07, 6.45) is 0.0815. The van der Waals surface area contributed by atoms with E-state index in [1.54, 1.807) is 23.1 Å². The number of para-hydroxylation sites is 1. The molecule has 0 bridgehead atoms. The molecule has 0 unspecified atom stereocenters. The van der Waals surface area contributed by atoms with Crippen LogP contribution in [0.2, 0.25) is 0 Å². The van der Waals surface area contributed by atoms with Crippen LogP contribution in [0.1, 0.15) is 6.42 Å². The minimum absolute atomic E-state index is 0.0815. The molecule has 0 saturated carbocycles. The summed E-state index contributed by atoms with van der Waals surface area (Å²) in [5.74, 6) is -4.55. The second-order valence-corrected chi connectivity index (χ2v) is 6.22. The molecule has 2 aromatic carbocycles. The van der Waals surface area contributed by atoms with E-state index in [1.807, 2.05) is 4.90 Å². The number of nitrogens with zero attached hydrogens (tertiary/aromatic N) is 2. The van der Waals surface area contributed by atoms with Crippen molar-refractivity contribution < 1.29 is 22.4 Å². The standard InChI is InChI=1S/C19H19F4N3O/c20-13-3-1-2-4-16(13)25-9-11-26(12-10-25)17(27)7-8-24-15-6-5-14(21)18(22)19(15)23/h1-6,24H,7-12H2. The predicted octanol–water partition coefficient (Wildman–Crippen LogP) is 3.39. The normalized spacial score (nSPS) is 14.4. The van der Waals surface area contributed by atoms with E-state index in [9.17, 15) is 22.4 Å². The minimum atomic E-state index is -1.55. The average molecular weight is 381 g/mol. The highest BCUT2D eigenvalue weighted by Gasteiger charge is 2.22. The molecule has 0 radical (unpaired) electrons. The highest BCUT2D eigenvalue weighted by molar-refractivity contribution is 5.77. The Morgan fingerprint density at radius 3 is 2.30 bits per heavy atom. The van der Waals surface area contributed by atoms with Gasteiger partial charge in [0, 0.05) is 39.1 Å². The van der Waals surface area contributed by atoms with Gasteiger partial charge in [-0.2, -0.15) is 0 Å². The van der Waals surface area contributed by atoms with E-state index < -0.39 is 17.5 Å². The number of amides is 1. The van der Waals surface area contributed by atoms with E-state index in [4.69, 9.17) is 0 Å². The zero-order valence-corrected chi connectivity index (χ0v) is 14.5. The third kappa shape index (κ3) is 4.32. The van der Waals surface area contributed by atoms with E-state index >= 15 is 0 Å². The van der Waals surface area contributed by atoms with Crippen molar-refractivity contribution in [2.75, 3.05) is 42.9 Å². The van der Waals surface area contributed by atoms with Crippen molar-refractivity contribution in [2.45, 2.75) is 6.42 Å². The summed E-state index contributed by atoms with van der Waals surface area (Å²) in [5, 5.41) is 2.60. The Hall–Kier alpha value is -2.77. The van der Waals surface area contributed by atoms with Crippen LogP contribution in [0.4, 0.5) is 28.9 Å². The number of carbonyl (C=O) groups excluding carboxylic acids is 1.